The first-order chi connectivity index (χ1) is 12.7. The highest BCUT2D eigenvalue weighted by atomic mass is 16.2. The van der Waals surface area contributed by atoms with Gasteiger partial charge in [0.1, 0.15) is 6.04 Å². The van der Waals surface area contributed by atoms with E-state index in [1.165, 1.54) is 5.39 Å². The van der Waals surface area contributed by atoms with Crippen molar-refractivity contribution in [3.05, 3.63) is 71.9 Å². The number of rotatable bonds is 7. The second-order valence-corrected chi connectivity index (χ2v) is 6.17. The summed E-state index contributed by atoms with van der Waals surface area (Å²) in [6.45, 7) is 2.28. The molecule has 0 aliphatic carbocycles. The molecule has 0 saturated carbocycles. The average molecular weight is 349 g/mol. The Labute approximate surface area is 152 Å². The van der Waals surface area contributed by atoms with Gasteiger partial charge in [-0.05, 0) is 23.6 Å². The number of carbonyl (C=O) groups excluding carboxylic acids is 2. The van der Waals surface area contributed by atoms with Crippen molar-refractivity contribution in [1.82, 2.24) is 15.6 Å². The van der Waals surface area contributed by atoms with E-state index in [4.69, 9.17) is 0 Å². The highest BCUT2D eigenvalue weighted by Crippen LogP contribution is 2.18. The molecule has 0 bridgehead atoms. The van der Waals surface area contributed by atoms with Crippen LogP contribution >= 0.6 is 0 Å². The fraction of sp³-hybridized carbons (Fsp3) is 0.238. The van der Waals surface area contributed by atoms with Crippen LogP contribution in [0.25, 0.3) is 10.9 Å². The number of fused-ring (bicyclic) bond motifs is 1. The Morgan fingerprint density at radius 2 is 1.77 bits per heavy atom. The zero-order valence-electron chi connectivity index (χ0n) is 14.8. The number of hydrogen-bond donors (Lipinski definition) is 3. The lowest BCUT2D eigenvalue weighted by Crippen LogP contribution is -2.40. The van der Waals surface area contributed by atoms with Crippen molar-refractivity contribution in [3.63, 3.8) is 0 Å². The van der Waals surface area contributed by atoms with Crippen LogP contribution in [0.2, 0.25) is 0 Å². The number of aromatic amines is 1. The van der Waals surface area contributed by atoms with Gasteiger partial charge in [-0.2, -0.15) is 0 Å². The molecule has 0 spiro atoms. The molecule has 134 valence electrons. The summed E-state index contributed by atoms with van der Waals surface area (Å²) < 4.78 is 0. The summed E-state index contributed by atoms with van der Waals surface area (Å²) >= 11 is 0. The number of hydrogen-bond acceptors (Lipinski definition) is 2. The SMILES string of the molecule is CCC(=O)N[C@H](C(=O)NCCc1c[nH]c2ccccc12)c1ccccc1. The molecule has 0 aliphatic rings. The summed E-state index contributed by atoms with van der Waals surface area (Å²) in [5, 5.41) is 6.91. The molecule has 0 fully saturated rings. The molecule has 5 heteroatoms. The van der Waals surface area contributed by atoms with Crippen molar-refractivity contribution in [1.29, 1.82) is 0 Å². The topological polar surface area (TPSA) is 74.0 Å². The van der Waals surface area contributed by atoms with E-state index in [-0.39, 0.29) is 11.8 Å². The van der Waals surface area contributed by atoms with Crippen LogP contribution in [-0.2, 0) is 16.0 Å². The second kappa shape index (κ2) is 8.34. The molecule has 0 unspecified atom stereocenters. The largest absolute Gasteiger partial charge is 0.361 e. The summed E-state index contributed by atoms with van der Waals surface area (Å²) in [6.07, 6.45) is 3.04. The minimum absolute atomic E-state index is 0.148. The molecule has 26 heavy (non-hydrogen) atoms. The third kappa shape index (κ3) is 4.11. The van der Waals surface area contributed by atoms with Gasteiger partial charge in [0.05, 0.1) is 0 Å². The van der Waals surface area contributed by atoms with Crippen molar-refractivity contribution in [2.75, 3.05) is 6.54 Å². The minimum atomic E-state index is -0.674. The van der Waals surface area contributed by atoms with Crippen molar-refractivity contribution in [2.45, 2.75) is 25.8 Å². The summed E-state index contributed by atoms with van der Waals surface area (Å²) in [7, 11) is 0. The fourth-order valence-electron chi connectivity index (χ4n) is 2.97. The molecule has 0 aliphatic heterocycles. The Hall–Kier alpha value is -3.08. The molecule has 3 rings (SSSR count). The fourth-order valence-corrected chi connectivity index (χ4v) is 2.97. The van der Waals surface area contributed by atoms with Crippen LogP contribution in [0.1, 0.15) is 30.5 Å². The first kappa shape index (κ1) is 17.7. The number of carbonyl (C=O) groups is 2. The molecule has 3 N–H and O–H groups in total. The van der Waals surface area contributed by atoms with Gasteiger partial charge in [-0.25, -0.2) is 0 Å². The van der Waals surface area contributed by atoms with E-state index in [2.05, 4.69) is 21.7 Å². The van der Waals surface area contributed by atoms with E-state index in [9.17, 15) is 9.59 Å². The molecule has 3 aromatic rings. The van der Waals surface area contributed by atoms with Crippen LogP contribution in [0.15, 0.2) is 60.8 Å². The standard InChI is InChI=1S/C21H23N3O2/c1-2-19(25)24-20(15-8-4-3-5-9-15)21(26)22-13-12-16-14-23-18-11-7-6-10-17(16)18/h3-11,14,20,23H,2,12-13H2,1H3,(H,22,26)(H,24,25)/t20-/m0/s1. The summed E-state index contributed by atoms with van der Waals surface area (Å²) in [5.41, 5.74) is 3.03. The molecule has 0 saturated heterocycles. The van der Waals surface area contributed by atoms with Gasteiger partial charge in [-0.3, -0.25) is 9.59 Å². The van der Waals surface area contributed by atoms with Crippen LogP contribution in [-0.4, -0.2) is 23.3 Å². The van der Waals surface area contributed by atoms with E-state index >= 15 is 0 Å². The number of H-pyrrole nitrogens is 1. The predicted molar refractivity (Wildman–Crippen MR) is 103 cm³/mol. The number of aromatic nitrogens is 1. The summed E-state index contributed by atoms with van der Waals surface area (Å²) in [6, 6.07) is 16.7. The Kier molecular flexibility index (Phi) is 5.69. The van der Waals surface area contributed by atoms with Crippen LogP contribution in [0.3, 0.4) is 0 Å². The lowest BCUT2D eigenvalue weighted by molar-refractivity contribution is -0.129. The molecule has 1 heterocycles. The maximum atomic E-state index is 12.7. The smallest absolute Gasteiger partial charge is 0.247 e. The number of nitrogens with one attached hydrogen (secondary N) is 3. The van der Waals surface area contributed by atoms with Gasteiger partial charge >= 0.3 is 0 Å². The normalized spacial score (nSPS) is 11.9. The maximum Gasteiger partial charge on any atom is 0.247 e. The quantitative estimate of drug-likeness (QED) is 0.613. The van der Waals surface area contributed by atoms with Gasteiger partial charge in [0.15, 0.2) is 0 Å². The third-order valence-electron chi connectivity index (χ3n) is 4.39. The maximum absolute atomic E-state index is 12.7. The minimum Gasteiger partial charge on any atom is -0.361 e. The van der Waals surface area contributed by atoms with Gasteiger partial charge < -0.3 is 15.6 Å². The van der Waals surface area contributed by atoms with Crippen LogP contribution in [0.4, 0.5) is 0 Å². The van der Waals surface area contributed by atoms with Crippen LogP contribution in [0.5, 0.6) is 0 Å². The van der Waals surface area contributed by atoms with Gasteiger partial charge in [0.2, 0.25) is 11.8 Å². The van der Waals surface area contributed by atoms with Crippen molar-refractivity contribution in [3.8, 4) is 0 Å². The summed E-state index contributed by atoms with van der Waals surface area (Å²) in [5.74, 6) is -0.344. The first-order valence-corrected chi connectivity index (χ1v) is 8.86. The molecular weight excluding hydrogens is 326 g/mol. The predicted octanol–water partition coefficient (Wildman–Crippen LogP) is 3.09. The van der Waals surface area contributed by atoms with E-state index in [0.29, 0.717) is 13.0 Å². The second-order valence-electron chi connectivity index (χ2n) is 6.17. The Balaban J connectivity index is 1.65. The average Bonchev–Trinajstić information content (AvgIpc) is 3.09. The highest BCUT2D eigenvalue weighted by molar-refractivity contribution is 5.88. The van der Waals surface area contributed by atoms with E-state index in [1.807, 2.05) is 54.7 Å². The Morgan fingerprint density at radius 1 is 1.04 bits per heavy atom. The van der Waals surface area contributed by atoms with E-state index in [0.717, 1.165) is 23.1 Å². The van der Waals surface area contributed by atoms with Gasteiger partial charge in [-0.1, -0.05) is 55.5 Å². The first-order valence-electron chi connectivity index (χ1n) is 8.86. The zero-order valence-corrected chi connectivity index (χ0v) is 14.8. The monoisotopic (exact) mass is 349 g/mol. The summed E-state index contributed by atoms with van der Waals surface area (Å²) in [4.78, 5) is 27.7. The van der Waals surface area contributed by atoms with E-state index < -0.39 is 6.04 Å². The highest BCUT2D eigenvalue weighted by Gasteiger charge is 2.21. The third-order valence-corrected chi connectivity index (χ3v) is 4.39. The lowest BCUT2D eigenvalue weighted by Gasteiger charge is -2.18. The van der Waals surface area contributed by atoms with Gasteiger partial charge in [-0.15, -0.1) is 0 Å². The molecule has 2 aromatic carbocycles. The Morgan fingerprint density at radius 3 is 2.54 bits per heavy atom. The molecule has 0 radical (unpaired) electrons. The lowest BCUT2D eigenvalue weighted by atomic mass is 10.1. The van der Waals surface area contributed by atoms with Crippen LogP contribution < -0.4 is 10.6 Å². The van der Waals surface area contributed by atoms with Gasteiger partial charge in [0, 0.05) is 30.1 Å². The van der Waals surface area contributed by atoms with Crippen molar-refractivity contribution >= 4 is 22.7 Å². The molecule has 2 amide bonds. The number of benzene rings is 2. The van der Waals surface area contributed by atoms with Gasteiger partial charge in [0.25, 0.3) is 0 Å². The van der Waals surface area contributed by atoms with Crippen molar-refractivity contribution < 1.29 is 9.59 Å². The molecule has 5 nitrogen and oxygen atoms in total. The number of amides is 2. The Bertz CT molecular complexity index is 886. The van der Waals surface area contributed by atoms with Crippen molar-refractivity contribution in [2.24, 2.45) is 0 Å². The molecular formula is C21H23N3O2. The molecule has 1 atom stereocenters. The van der Waals surface area contributed by atoms with Crippen LogP contribution in [0, 0.1) is 0 Å². The van der Waals surface area contributed by atoms with E-state index in [1.54, 1.807) is 6.92 Å². The molecule has 1 aromatic heterocycles. The zero-order chi connectivity index (χ0) is 18.4. The number of para-hydroxylation sites is 1.